The number of carbonyl (C=O) groups is 3. The van der Waals surface area contributed by atoms with Crippen molar-refractivity contribution < 1.29 is 32.3 Å². The van der Waals surface area contributed by atoms with E-state index in [9.17, 15) is 27.6 Å². The Kier molecular flexibility index (Phi) is 6.74. The molecule has 1 aromatic heterocycles. The second kappa shape index (κ2) is 9.66. The Morgan fingerprint density at radius 3 is 2.38 bits per heavy atom. The van der Waals surface area contributed by atoms with Crippen molar-refractivity contribution in [3.05, 3.63) is 88.2 Å². The van der Waals surface area contributed by atoms with E-state index in [0.717, 1.165) is 28.8 Å². The van der Waals surface area contributed by atoms with Crippen LogP contribution in [0.4, 0.5) is 18.9 Å². The van der Waals surface area contributed by atoms with Gasteiger partial charge in [-0.3, -0.25) is 19.8 Å². The molecule has 1 N–H and O–H groups in total. The lowest BCUT2D eigenvalue weighted by molar-refractivity contribution is -0.137. The van der Waals surface area contributed by atoms with E-state index in [1.54, 1.807) is 37.3 Å². The molecule has 0 unspecified atom stereocenters. The van der Waals surface area contributed by atoms with Gasteiger partial charge in [-0.05, 0) is 80.2 Å². The number of nitrogens with zero attached hydrogens (tertiary/aromatic N) is 2. The van der Waals surface area contributed by atoms with Crippen molar-refractivity contribution in [2.45, 2.75) is 20.0 Å². The molecule has 1 saturated heterocycles. The highest BCUT2D eigenvalue weighted by Crippen LogP contribution is 2.33. The number of halogens is 3. The number of ether oxygens (including phenoxy) is 1. The topological polar surface area (TPSA) is 80.6 Å². The van der Waals surface area contributed by atoms with Gasteiger partial charge in [-0.15, -0.1) is 0 Å². The third-order valence-electron chi connectivity index (χ3n) is 5.83. The largest absolute Gasteiger partial charge is 0.465 e. The van der Waals surface area contributed by atoms with E-state index in [2.05, 4.69) is 5.32 Å². The van der Waals surface area contributed by atoms with Gasteiger partial charge in [0.15, 0.2) is 5.11 Å². The zero-order chi connectivity index (χ0) is 27.1. The monoisotopic (exact) mass is 527 g/mol. The van der Waals surface area contributed by atoms with Gasteiger partial charge in [-0.25, -0.2) is 4.79 Å². The van der Waals surface area contributed by atoms with E-state index >= 15 is 0 Å². The second-order valence-corrected chi connectivity index (χ2v) is 8.60. The SMILES string of the molecule is COC(=O)c1cccc(-n2c(C)cc(/C=C3\C(=O)NC(=S)N(c4cccc(C(F)(F)F)c4)C3=O)c2C)c1. The number of esters is 1. The Morgan fingerprint density at radius 2 is 1.70 bits per heavy atom. The lowest BCUT2D eigenvalue weighted by Gasteiger charge is -2.29. The smallest absolute Gasteiger partial charge is 0.416 e. The number of aromatic nitrogens is 1. The van der Waals surface area contributed by atoms with Gasteiger partial charge < -0.3 is 9.30 Å². The number of amides is 2. The predicted molar refractivity (Wildman–Crippen MR) is 134 cm³/mol. The minimum Gasteiger partial charge on any atom is -0.465 e. The lowest BCUT2D eigenvalue weighted by Crippen LogP contribution is -2.54. The Hall–Kier alpha value is -4.25. The Balaban J connectivity index is 1.75. The standard InChI is InChI=1S/C26H20F3N3O4S/c1-14-10-17(15(2)31(14)19-8-4-6-16(11-19)24(35)36-3)12-21-22(33)30-25(37)32(23(21)34)20-9-5-7-18(13-20)26(27,28)29/h4-13H,1-3H3,(H,30,33,37)/b21-12+. The van der Waals surface area contributed by atoms with Crippen molar-refractivity contribution in [1.82, 2.24) is 9.88 Å². The first-order chi connectivity index (χ1) is 17.4. The average Bonchev–Trinajstić information content (AvgIpc) is 3.13. The van der Waals surface area contributed by atoms with Crippen LogP contribution in [0.5, 0.6) is 0 Å². The molecule has 0 spiro atoms. The molecular formula is C26H20F3N3O4S. The molecule has 4 rings (SSSR count). The first-order valence-corrected chi connectivity index (χ1v) is 11.3. The van der Waals surface area contributed by atoms with E-state index in [-0.39, 0.29) is 16.4 Å². The molecule has 1 fully saturated rings. The van der Waals surface area contributed by atoms with Gasteiger partial charge in [0.1, 0.15) is 5.57 Å². The van der Waals surface area contributed by atoms with Crippen LogP contribution < -0.4 is 10.2 Å². The highest BCUT2D eigenvalue weighted by molar-refractivity contribution is 7.80. The number of thiocarbonyl (C=S) groups is 1. The quantitative estimate of drug-likeness (QED) is 0.230. The summed E-state index contributed by atoms with van der Waals surface area (Å²) in [7, 11) is 1.28. The number of rotatable bonds is 4. The number of anilines is 1. The third-order valence-corrected chi connectivity index (χ3v) is 6.11. The van der Waals surface area contributed by atoms with Gasteiger partial charge in [-0.1, -0.05) is 12.1 Å². The normalized spacial score (nSPS) is 15.2. The molecule has 11 heteroatoms. The zero-order valence-electron chi connectivity index (χ0n) is 19.8. The lowest BCUT2D eigenvalue weighted by atomic mass is 10.1. The Labute approximate surface area is 215 Å². The summed E-state index contributed by atoms with van der Waals surface area (Å²) in [5, 5.41) is 2.05. The minimum absolute atomic E-state index is 0.124. The summed E-state index contributed by atoms with van der Waals surface area (Å²) < 4.78 is 46.3. The van der Waals surface area contributed by atoms with Crippen LogP contribution in [0, 0.1) is 13.8 Å². The van der Waals surface area contributed by atoms with Gasteiger partial charge >= 0.3 is 12.1 Å². The third kappa shape index (κ3) is 4.90. The molecule has 0 aliphatic carbocycles. The van der Waals surface area contributed by atoms with E-state index in [1.807, 2.05) is 11.5 Å². The van der Waals surface area contributed by atoms with Crippen LogP contribution in [0.15, 0.2) is 60.2 Å². The average molecular weight is 528 g/mol. The van der Waals surface area contributed by atoms with Crippen molar-refractivity contribution in [2.75, 3.05) is 12.0 Å². The van der Waals surface area contributed by atoms with Gasteiger partial charge in [0.25, 0.3) is 11.8 Å². The number of carbonyl (C=O) groups excluding carboxylic acids is 3. The van der Waals surface area contributed by atoms with Gasteiger partial charge in [0.05, 0.1) is 23.9 Å². The maximum atomic E-state index is 13.3. The molecule has 1 aliphatic heterocycles. The molecular weight excluding hydrogens is 507 g/mol. The first-order valence-electron chi connectivity index (χ1n) is 10.9. The molecule has 2 amide bonds. The number of alkyl halides is 3. The molecule has 37 heavy (non-hydrogen) atoms. The fourth-order valence-electron chi connectivity index (χ4n) is 4.09. The van der Waals surface area contributed by atoms with Gasteiger partial charge in [-0.2, -0.15) is 13.2 Å². The fourth-order valence-corrected chi connectivity index (χ4v) is 4.37. The molecule has 190 valence electrons. The Morgan fingerprint density at radius 1 is 1.03 bits per heavy atom. The van der Waals surface area contributed by atoms with Crippen LogP contribution in [-0.2, 0) is 20.5 Å². The van der Waals surface area contributed by atoms with Crippen molar-refractivity contribution in [3.63, 3.8) is 0 Å². The zero-order valence-corrected chi connectivity index (χ0v) is 20.7. The van der Waals surface area contributed by atoms with E-state index in [1.165, 1.54) is 19.3 Å². The second-order valence-electron chi connectivity index (χ2n) is 8.21. The highest BCUT2D eigenvalue weighted by Gasteiger charge is 2.37. The molecule has 0 bridgehead atoms. The molecule has 7 nitrogen and oxygen atoms in total. The number of aryl methyl sites for hydroxylation is 1. The van der Waals surface area contributed by atoms with Crippen molar-refractivity contribution in [3.8, 4) is 5.69 Å². The van der Waals surface area contributed by atoms with Gasteiger partial charge in [0.2, 0.25) is 0 Å². The molecule has 0 radical (unpaired) electrons. The van der Waals surface area contributed by atoms with Gasteiger partial charge in [0, 0.05) is 17.1 Å². The van der Waals surface area contributed by atoms with Crippen molar-refractivity contribution in [2.24, 2.45) is 0 Å². The summed E-state index contributed by atoms with van der Waals surface area (Å²) >= 11 is 5.10. The highest BCUT2D eigenvalue weighted by atomic mass is 32.1. The van der Waals surface area contributed by atoms with Crippen molar-refractivity contribution in [1.29, 1.82) is 0 Å². The molecule has 0 saturated carbocycles. The fraction of sp³-hybridized carbons (Fsp3) is 0.154. The molecule has 0 atom stereocenters. The van der Waals surface area contributed by atoms with E-state index in [0.29, 0.717) is 22.5 Å². The predicted octanol–water partition coefficient (Wildman–Crippen LogP) is 4.73. The van der Waals surface area contributed by atoms with Crippen LogP contribution in [0.3, 0.4) is 0 Å². The first kappa shape index (κ1) is 25.8. The van der Waals surface area contributed by atoms with Crippen LogP contribution in [0.2, 0.25) is 0 Å². The number of benzene rings is 2. The van der Waals surface area contributed by atoms with Crippen molar-refractivity contribution >= 4 is 46.9 Å². The van der Waals surface area contributed by atoms with Crippen LogP contribution in [0.25, 0.3) is 11.8 Å². The van der Waals surface area contributed by atoms with E-state index in [4.69, 9.17) is 17.0 Å². The maximum absolute atomic E-state index is 13.3. The maximum Gasteiger partial charge on any atom is 0.416 e. The number of hydrogen-bond acceptors (Lipinski definition) is 5. The molecule has 2 heterocycles. The summed E-state index contributed by atoms with van der Waals surface area (Å²) in [6, 6.07) is 12.6. The van der Waals surface area contributed by atoms with Crippen LogP contribution >= 0.6 is 12.2 Å². The van der Waals surface area contributed by atoms with E-state index < -0.39 is 29.5 Å². The number of methoxy groups -OCH3 is 1. The summed E-state index contributed by atoms with van der Waals surface area (Å²) in [6.45, 7) is 3.58. The molecule has 2 aromatic carbocycles. The Bertz CT molecular complexity index is 1490. The van der Waals surface area contributed by atoms with Crippen LogP contribution in [0.1, 0.15) is 32.9 Å². The summed E-state index contributed by atoms with van der Waals surface area (Å²) in [6.07, 6.45) is -3.26. The molecule has 1 aliphatic rings. The minimum atomic E-state index is -4.62. The number of nitrogens with one attached hydrogen (secondary N) is 1. The number of hydrogen-bond donors (Lipinski definition) is 1. The summed E-state index contributed by atoms with van der Waals surface area (Å²) in [5.74, 6) is -2.12. The molecule has 3 aromatic rings. The summed E-state index contributed by atoms with van der Waals surface area (Å²) in [5.41, 5.74) is 1.56. The van der Waals surface area contributed by atoms with Crippen LogP contribution in [-0.4, -0.2) is 34.6 Å². The summed E-state index contributed by atoms with van der Waals surface area (Å²) in [4.78, 5) is 38.8.